The molecule has 0 bridgehead atoms. The van der Waals surface area contributed by atoms with E-state index in [-0.39, 0.29) is 16.7 Å². The van der Waals surface area contributed by atoms with E-state index in [1.54, 1.807) is 18.2 Å². The summed E-state index contributed by atoms with van der Waals surface area (Å²) in [5.41, 5.74) is 0.871. The highest BCUT2D eigenvalue weighted by atomic mass is 79.9. The molecule has 0 aliphatic carbocycles. The number of benzene rings is 2. The van der Waals surface area contributed by atoms with Gasteiger partial charge in [-0.15, -0.1) is 0 Å². The normalized spacial score (nSPS) is 10.3. The molecule has 0 saturated carbocycles. The maximum Gasteiger partial charge on any atom is 0.255 e. The van der Waals surface area contributed by atoms with Crippen LogP contribution in [0.25, 0.3) is 0 Å². The molecule has 1 amide bonds. The van der Waals surface area contributed by atoms with Gasteiger partial charge < -0.3 is 10.4 Å². The van der Waals surface area contributed by atoms with Gasteiger partial charge in [0.1, 0.15) is 5.75 Å². The van der Waals surface area contributed by atoms with Crippen LogP contribution in [0.3, 0.4) is 0 Å². The van der Waals surface area contributed by atoms with Gasteiger partial charge >= 0.3 is 0 Å². The van der Waals surface area contributed by atoms with Gasteiger partial charge in [-0.25, -0.2) is 0 Å². The predicted molar refractivity (Wildman–Crippen MR) is 80.2 cm³/mol. The van der Waals surface area contributed by atoms with Gasteiger partial charge in [-0.05, 0) is 46.3 Å². The van der Waals surface area contributed by atoms with Gasteiger partial charge in [-0.2, -0.15) is 0 Å². The van der Waals surface area contributed by atoms with E-state index in [1.807, 2.05) is 0 Å². The Morgan fingerprint density at radius 3 is 2.47 bits per heavy atom. The van der Waals surface area contributed by atoms with E-state index < -0.39 is 0 Å². The average molecular weight is 361 g/mol. The number of amides is 1. The molecule has 19 heavy (non-hydrogen) atoms. The second-order valence-electron chi connectivity index (χ2n) is 3.75. The average Bonchev–Trinajstić information content (AvgIpc) is 2.36. The maximum atomic E-state index is 12.0. The number of phenolic OH excluding ortho intramolecular Hbond substituents is 1. The summed E-state index contributed by atoms with van der Waals surface area (Å²) in [6.07, 6.45) is 0. The fourth-order valence-corrected chi connectivity index (χ4v) is 2.16. The summed E-state index contributed by atoms with van der Waals surface area (Å²) in [4.78, 5) is 12.0. The molecule has 0 fully saturated rings. The number of hydrogen-bond acceptors (Lipinski definition) is 2. The third kappa shape index (κ3) is 3.41. The van der Waals surface area contributed by atoms with Crippen molar-refractivity contribution in [2.24, 2.45) is 0 Å². The van der Waals surface area contributed by atoms with E-state index in [2.05, 4.69) is 21.2 Å². The van der Waals surface area contributed by atoms with Crippen LogP contribution >= 0.6 is 39.1 Å². The first kappa shape index (κ1) is 14.2. The van der Waals surface area contributed by atoms with Crippen molar-refractivity contribution in [1.29, 1.82) is 0 Å². The molecule has 2 aromatic rings. The number of anilines is 1. The van der Waals surface area contributed by atoms with E-state index in [1.165, 1.54) is 18.2 Å². The van der Waals surface area contributed by atoms with Crippen LogP contribution in [0.5, 0.6) is 5.75 Å². The molecule has 2 rings (SSSR count). The molecule has 0 aromatic heterocycles. The first-order valence-corrected chi connectivity index (χ1v) is 6.77. The van der Waals surface area contributed by atoms with E-state index in [4.69, 9.17) is 23.2 Å². The third-order valence-corrected chi connectivity index (χ3v) is 3.91. The second kappa shape index (κ2) is 5.82. The molecule has 0 radical (unpaired) electrons. The first-order chi connectivity index (χ1) is 8.97. The zero-order chi connectivity index (χ0) is 14.0. The molecule has 0 atom stereocenters. The number of rotatable bonds is 2. The van der Waals surface area contributed by atoms with Crippen LogP contribution in [-0.4, -0.2) is 11.0 Å². The number of carbonyl (C=O) groups is 1. The van der Waals surface area contributed by atoms with Gasteiger partial charge in [0.05, 0.1) is 15.7 Å². The van der Waals surface area contributed by atoms with Crippen LogP contribution in [0.2, 0.25) is 10.0 Å². The van der Waals surface area contributed by atoms with Crippen LogP contribution < -0.4 is 5.32 Å². The highest BCUT2D eigenvalue weighted by molar-refractivity contribution is 9.10. The second-order valence-corrected chi connectivity index (χ2v) is 5.42. The summed E-state index contributed by atoms with van der Waals surface area (Å²) in [7, 11) is 0. The van der Waals surface area contributed by atoms with Gasteiger partial charge in [0.15, 0.2) is 0 Å². The molecule has 98 valence electrons. The zero-order valence-corrected chi connectivity index (χ0v) is 12.6. The number of carbonyl (C=O) groups excluding carboxylic acids is 1. The van der Waals surface area contributed by atoms with Crippen molar-refractivity contribution in [2.45, 2.75) is 0 Å². The summed E-state index contributed by atoms with van der Waals surface area (Å²) >= 11 is 15.0. The summed E-state index contributed by atoms with van der Waals surface area (Å²) in [5, 5.41) is 12.7. The van der Waals surface area contributed by atoms with Gasteiger partial charge in [0, 0.05) is 16.1 Å². The highest BCUT2D eigenvalue weighted by Crippen LogP contribution is 2.27. The number of phenols is 1. The molecule has 0 heterocycles. The molecule has 0 aliphatic heterocycles. The summed E-state index contributed by atoms with van der Waals surface area (Å²) in [6, 6.07) is 9.18. The summed E-state index contributed by atoms with van der Waals surface area (Å²) < 4.78 is 0.638. The fraction of sp³-hybridized carbons (Fsp3) is 0. The monoisotopic (exact) mass is 359 g/mol. The van der Waals surface area contributed by atoms with Gasteiger partial charge in [0.25, 0.3) is 5.91 Å². The summed E-state index contributed by atoms with van der Waals surface area (Å²) in [5.74, 6) is -0.276. The van der Waals surface area contributed by atoms with Crippen molar-refractivity contribution in [3.8, 4) is 5.75 Å². The Kier molecular flexibility index (Phi) is 4.34. The van der Waals surface area contributed by atoms with Crippen molar-refractivity contribution < 1.29 is 9.90 Å². The van der Waals surface area contributed by atoms with Gasteiger partial charge in [0.2, 0.25) is 0 Å². The van der Waals surface area contributed by atoms with Gasteiger partial charge in [-0.3, -0.25) is 4.79 Å². The molecule has 0 saturated heterocycles. The van der Waals surface area contributed by atoms with Crippen molar-refractivity contribution in [3.63, 3.8) is 0 Å². The maximum absolute atomic E-state index is 12.0. The molecule has 0 unspecified atom stereocenters. The molecular formula is C13H8BrCl2NO2. The van der Waals surface area contributed by atoms with Crippen LogP contribution in [0, 0.1) is 0 Å². The third-order valence-electron chi connectivity index (χ3n) is 2.38. The first-order valence-electron chi connectivity index (χ1n) is 5.22. The molecule has 0 aliphatic rings. The van der Waals surface area contributed by atoms with Crippen molar-refractivity contribution in [2.75, 3.05) is 5.32 Å². The standard InChI is InChI=1S/C13H8BrCl2NO2/c14-9-5-7(1-3-10(9)15)13(19)17-12-4-2-8(18)6-11(12)16/h1-6,18H,(H,17,19). The lowest BCUT2D eigenvalue weighted by atomic mass is 10.2. The number of halogens is 3. The number of hydrogen-bond donors (Lipinski definition) is 2. The summed E-state index contributed by atoms with van der Waals surface area (Å²) in [6.45, 7) is 0. The number of aromatic hydroxyl groups is 1. The lowest BCUT2D eigenvalue weighted by Gasteiger charge is -2.08. The van der Waals surface area contributed by atoms with E-state index in [0.717, 1.165) is 0 Å². The van der Waals surface area contributed by atoms with Crippen molar-refractivity contribution in [1.82, 2.24) is 0 Å². The molecule has 2 aromatic carbocycles. The lowest BCUT2D eigenvalue weighted by Crippen LogP contribution is -2.12. The van der Waals surface area contributed by atoms with Crippen molar-refractivity contribution >= 4 is 50.7 Å². The highest BCUT2D eigenvalue weighted by Gasteiger charge is 2.10. The lowest BCUT2D eigenvalue weighted by molar-refractivity contribution is 0.102. The molecule has 3 nitrogen and oxygen atoms in total. The van der Waals surface area contributed by atoms with Crippen LogP contribution in [0.15, 0.2) is 40.9 Å². The van der Waals surface area contributed by atoms with Crippen LogP contribution in [-0.2, 0) is 0 Å². The zero-order valence-electron chi connectivity index (χ0n) is 9.45. The Morgan fingerprint density at radius 2 is 1.84 bits per heavy atom. The quantitative estimate of drug-likeness (QED) is 0.761. The fourth-order valence-electron chi connectivity index (χ4n) is 1.44. The van der Waals surface area contributed by atoms with Gasteiger partial charge in [-0.1, -0.05) is 23.2 Å². The molecule has 0 spiro atoms. The van der Waals surface area contributed by atoms with Crippen molar-refractivity contribution in [3.05, 3.63) is 56.5 Å². The largest absolute Gasteiger partial charge is 0.508 e. The Balaban J connectivity index is 2.23. The minimum Gasteiger partial charge on any atom is -0.508 e. The van der Waals surface area contributed by atoms with E-state index in [0.29, 0.717) is 20.7 Å². The Labute approximate surface area is 128 Å². The minimum atomic E-state index is -0.315. The predicted octanol–water partition coefficient (Wildman–Crippen LogP) is 4.71. The molecular weight excluding hydrogens is 353 g/mol. The molecule has 6 heteroatoms. The Morgan fingerprint density at radius 1 is 1.11 bits per heavy atom. The van der Waals surface area contributed by atoms with E-state index >= 15 is 0 Å². The molecule has 2 N–H and O–H groups in total. The Hall–Kier alpha value is -1.23. The van der Waals surface area contributed by atoms with Crippen LogP contribution in [0.4, 0.5) is 5.69 Å². The number of nitrogens with one attached hydrogen (secondary N) is 1. The minimum absolute atomic E-state index is 0.0391. The smallest absolute Gasteiger partial charge is 0.255 e. The van der Waals surface area contributed by atoms with E-state index in [9.17, 15) is 9.90 Å². The Bertz CT molecular complexity index is 647. The SMILES string of the molecule is O=C(Nc1ccc(O)cc1Cl)c1ccc(Cl)c(Br)c1. The van der Waals surface area contributed by atoms with Crippen LogP contribution in [0.1, 0.15) is 10.4 Å². The topological polar surface area (TPSA) is 49.3 Å².